The Bertz CT molecular complexity index is 1100. The summed E-state index contributed by atoms with van der Waals surface area (Å²) in [7, 11) is 0. The molecule has 30 heavy (non-hydrogen) atoms. The number of thiazole rings is 1. The van der Waals surface area contributed by atoms with E-state index in [1.54, 1.807) is 29.7 Å². The molecule has 0 atom stereocenters. The molecule has 0 spiro atoms. The van der Waals surface area contributed by atoms with Crippen LogP contribution in [0, 0.1) is 0 Å². The van der Waals surface area contributed by atoms with Gasteiger partial charge in [-0.3, -0.25) is 4.79 Å². The zero-order valence-corrected chi connectivity index (χ0v) is 17.2. The number of hydrogen-bond donors (Lipinski definition) is 0. The molecule has 5 rings (SSSR count). The van der Waals surface area contributed by atoms with E-state index in [0.717, 1.165) is 36.7 Å². The third-order valence-corrected chi connectivity index (χ3v) is 6.26. The molecule has 9 heteroatoms. The number of carbonyl (C=O) groups is 1. The number of carbonyl (C=O) groups excluding carboxylic acids is 1. The first-order valence-electron chi connectivity index (χ1n) is 10.0. The van der Waals surface area contributed by atoms with Gasteiger partial charge in [0.05, 0.1) is 16.5 Å². The SMILES string of the molecule is O=C(CCc1nc(-c2ccco2)no1)N1CCCN(c2nc3ccccc3s2)CC1. The molecule has 4 aromatic rings. The molecular weight excluding hydrogens is 402 g/mol. The summed E-state index contributed by atoms with van der Waals surface area (Å²) in [5, 5.41) is 4.94. The van der Waals surface area contributed by atoms with Crippen molar-refractivity contribution >= 4 is 32.6 Å². The maximum atomic E-state index is 12.7. The highest BCUT2D eigenvalue weighted by Gasteiger charge is 2.22. The highest BCUT2D eigenvalue weighted by atomic mass is 32.1. The standard InChI is InChI=1S/C21H21N5O3S/c27-19(9-8-18-23-20(24-29-18)16-6-3-14-28-16)25-10-4-11-26(13-12-25)21-22-15-5-1-2-7-17(15)30-21/h1-3,5-7,14H,4,8-13H2. The van der Waals surface area contributed by atoms with Crippen molar-refractivity contribution in [2.45, 2.75) is 19.3 Å². The van der Waals surface area contributed by atoms with Gasteiger partial charge in [0.1, 0.15) is 0 Å². The van der Waals surface area contributed by atoms with Gasteiger partial charge in [-0.05, 0) is 30.7 Å². The van der Waals surface area contributed by atoms with Gasteiger partial charge < -0.3 is 18.7 Å². The second-order valence-corrected chi connectivity index (χ2v) is 8.18. The lowest BCUT2D eigenvalue weighted by atomic mass is 10.2. The van der Waals surface area contributed by atoms with Gasteiger partial charge in [0.15, 0.2) is 10.9 Å². The number of amides is 1. The lowest BCUT2D eigenvalue weighted by Gasteiger charge is -2.21. The van der Waals surface area contributed by atoms with Crippen LogP contribution in [0.3, 0.4) is 0 Å². The Kier molecular flexibility index (Phi) is 5.18. The Labute approximate surface area is 177 Å². The van der Waals surface area contributed by atoms with Crippen molar-refractivity contribution in [3.05, 3.63) is 48.6 Å². The molecule has 1 amide bonds. The summed E-state index contributed by atoms with van der Waals surface area (Å²) in [6.45, 7) is 3.13. The summed E-state index contributed by atoms with van der Waals surface area (Å²) in [4.78, 5) is 26.0. The molecule has 0 aliphatic carbocycles. The molecule has 3 aromatic heterocycles. The number of aryl methyl sites for hydroxylation is 1. The molecule has 1 aliphatic rings. The van der Waals surface area contributed by atoms with Gasteiger partial charge in [-0.25, -0.2) is 4.98 Å². The van der Waals surface area contributed by atoms with Gasteiger partial charge >= 0.3 is 0 Å². The Morgan fingerprint density at radius 2 is 2.00 bits per heavy atom. The largest absolute Gasteiger partial charge is 0.461 e. The highest BCUT2D eigenvalue weighted by molar-refractivity contribution is 7.22. The zero-order chi connectivity index (χ0) is 20.3. The van der Waals surface area contributed by atoms with Crippen LogP contribution >= 0.6 is 11.3 Å². The predicted molar refractivity (Wildman–Crippen MR) is 113 cm³/mol. The van der Waals surface area contributed by atoms with Crippen molar-refractivity contribution < 1.29 is 13.7 Å². The molecule has 0 saturated carbocycles. The van der Waals surface area contributed by atoms with Gasteiger partial charge in [-0.1, -0.05) is 28.6 Å². The number of fused-ring (bicyclic) bond motifs is 1. The van der Waals surface area contributed by atoms with Crippen LogP contribution in [0.2, 0.25) is 0 Å². The molecule has 1 fully saturated rings. The van der Waals surface area contributed by atoms with Gasteiger partial charge in [0.25, 0.3) is 0 Å². The van der Waals surface area contributed by atoms with Gasteiger partial charge in [0, 0.05) is 39.0 Å². The molecule has 0 radical (unpaired) electrons. The van der Waals surface area contributed by atoms with E-state index in [1.807, 2.05) is 23.1 Å². The van der Waals surface area contributed by atoms with Crippen LogP contribution in [0.5, 0.6) is 0 Å². The van der Waals surface area contributed by atoms with Crippen molar-refractivity contribution in [3.63, 3.8) is 0 Å². The van der Waals surface area contributed by atoms with E-state index in [2.05, 4.69) is 21.1 Å². The number of para-hydroxylation sites is 1. The highest BCUT2D eigenvalue weighted by Crippen LogP contribution is 2.29. The molecule has 8 nitrogen and oxygen atoms in total. The fourth-order valence-corrected chi connectivity index (χ4v) is 4.60. The molecule has 0 unspecified atom stereocenters. The number of anilines is 1. The summed E-state index contributed by atoms with van der Waals surface area (Å²) < 4.78 is 11.7. The zero-order valence-electron chi connectivity index (χ0n) is 16.4. The lowest BCUT2D eigenvalue weighted by Crippen LogP contribution is -2.35. The number of furan rings is 1. The van der Waals surface area contributed by atoms with Crippen LogP contribution in [-0.2, 0) is 11.2 Å². The number of aromatic nitrogens is 3. The molecule has 1 aromatic carbocycles. The maximum absolute atomic E-state index is 12.7. The average molecular weight is 423 g/mol. The van der Waals surface area contributed by atoms with Crippen LogP contribution in [0.25, 0.3) is 21.8 Å². The van der Waals surface area contributed by atoms with Crippen molar-refractivity contribution in [1.29, 1.82) is 0 Å². The number of benzene rings is 1. The number of hydrogen-bond acceptors (Lipinski definition) is 8. The first-order valence-corrected chi connectivity index (χ1v) is 10.8. The second kappa shape index (κ2) is 8.27. The normalized spacial score (nSPS) is 14.9. The van der Waals surface area contributed by atoms with Crippen LogP contribution in [0.4, 0.5) is 5.13 Å². The van der Waals surface area contributed by atoms with E-state index in [0.29, 0.717) is 36.9 Å². The summed E-state index contributed by atoms with van der Waals surface area (Å²) in [5.41, 5.74) is 1.03. The molecular formula is C21H21N5O3S. The summed E-state index contributed by atoms with van der Waals surface area (Å²) in [5.74, 6) is 1.52. The first-order chi connectivity index (χ1) is 14.8. The minimum Gasteiger partial charge on any atom is -0.461 e. The van der Waals surface area contributed by atoms with Crippen molar-refractivity contribution in [2.75, 3.05) is 31.1 Å². The summed E-state index contributed by atoms with van der Waals surface area (Å²) in [6, 6.07) is 11.7. The van der Waals surface area contributed by atoms with Crippen LogP contribution in [0.15, 0.2) is 51.6 Å². The number of rotatable bonds is 5. The van der Waals surface area contributed by atoms with E-state index in [9.17, 15) is 4.79 Å². The number of nitrogens with zero attached hydrogens (tertiary/aromatic N) is 5. The molecule has 4 heterocycles. The van der Waals surface area contributed by atoms with E-state index < -0.39 is 0 Å². The fourth-order valence-electron chi connectivity index (χ4n) is 3.59. The monoisotopic (exact) mass is 423 g/mol. The Hall–Kier alpha value is -3.20. The predicted octanol–water partition coefficient (Wildman–Crippen LogP) is 3.61. The summed E-state index contributed by atoms with van der Waals surface area (Å²) in [6.07, 6.45) is 3.25. The minimum atomic E-state index is 0.110. The van der Waals surface area contributed by atoms with Gasteiger partial charge in [-0.15, -0.1) is 0 Å². The van der Waals surface area contributed by atoms with E-state index >= 15 is 0 Å². The van der Waals surface area contributed by atoms with E-state index in [4.69, 9.17) is 13.9 Å². The average Bonchev–Trinajstić information content (AvgIpc) is 3.49. The maximum Gasteiger partial charge on any atom is 0.238 e. The molecule has 1 aliphatic heterocycles. The smallest absolute Gasteiger partial charge is 0.238 e. The van der Waals surface area contributed by atoms with Crippen LogP contribution < -0.4 is 4.90 Å². The molecule has 1 saturated heterocycles. The molecule has 154 valence electrons. The Morgan fingerprint density at radius 1 is 1.07 bits per heavy atom. The van der Waals surface area contributed by atoms with Crippen LogP contribution in [-0.4, -0.2) is 52.1 Å². The van der Waals surface area contributed by atoms with Crippen molar-refractivity contribution in [3.8, 4) is 11.6 Å². The van der Waals surface area contributed by atoms with E-state index in [-0.39, 0.29) is 5.91 Å². The topological polar surface area (TPSA) is 88.5 Å². The third kappa shape index (κ3) is 3.93. The van der Waals surface area contributed by atoms with Crippen molar-refractivity contribution in [2.24, 2.45) is 0 Å². The fraction of sp³-hybridized carbons (Fsp3) is 0.333. The van der Waals surface area contributed by atoms with Gasteiger partial charge in [0.2, 0.25) is 17.6 Å². The Balaban J connectivity index is 1.17. The van der Waals surface area contributed by atoms with Gasteiger partial charge in [-0.2, -0.15) is 4.98 Å². The van der Waals surface area contributed by atoms with Crippen molar-refractivity contribution in [1.82, 2.24) is 20.0 Å². The van der Waals surface area contributed by atoms with E-state index in [1.165, 1.54) is 4.70 Å². The molecule has 0 bridgehead atoms. The minimum absolute atomic E-state index is 0.110. The molecule has 0 N–H and O–H groups in total. The quantitative estimate of drug-likeness (QED) is 0.484. The lowest BCUT2D eigenvalue weighted by molar-refractivity contribution is -0.131. The Morgan fingerprint density at radius 3 is 2.87 bits per heavy atom. The second-order valence-electron chi connectivity index (χ2n) is 7.17. The third-order valence-electron chi connectivity index (χ3n) is 5.16. The first kappa shape index (κ1) is 18.8. The van der Waals surface area contributed by atoms with Crippen LogP contribution in [0.1, 0.15) is 18.7 Å². The summed E-state index contributed by atoms with van der Waals surface area (Å²) >= 11 is 1.71.